The van der Waals surface area contributed by atoms with Crippen LogP contribution in [0.4, 0.5) is 5.82 Å². The molecule has 1 atom stereocenters. The molecule has 2 aliphatic heterocycles. The summed E-state index contributed by atoms with van der Waals surface area (Å²) in [5.74, 6) is 1.80. The van der Waals surface area contributed by atoms with E-state index in [4.69, 9.17) is 0 Å². The van der Waals surface area contributed by atoms with Crippen LogP contribution in [0.5, 0.6) is 0 Å². The lowest BCUT2D eigenvalue weighted by atomic mass is 9.96. The molecule has 0 amide bonds. The van der Waals surface area contributed by atoms with E-state index in [-0.39, 0.29) is 5.25 Å². The Labute approximate surface area is 144 Å². The van der Waals surface area contributed by atoms with Crippen LogP contribution in [0, 0.1) is 6.92 Å². The van der Waals surface area contributed by atoms with Crippen molar-refractivity contribution in [2.45, 2.75) is 57.1 Å². The van der Waals surface area contributed by atoms with Crippen LogP contribution in [-0.4, -0.2) is 54.1 Å². The summed E-state index contributed by atoms with van der Waals surface area (Å²) < 4.78 is 27.4. The van der Waals surface area contributed by atoms with E-state index >= 15 is 0 Å². The Morgan fingerprint density at radius 2 is 1.75 bits per heavy atom. The van der Waals surface area contributed by atoms with Crippen molar-refractivity contribution in [1.82, 2.24) is 14.3 Å². The van der Waals surface area contributed by atoms with Crippen LogP contribution < -0.4 is 4.90 Å². The number of hydrogen-bond acceptors (Lipinski definition) is 5. The summed E-state index contributed by atoms with van der Waals surface area (Å²) >= 11 is 0. The zero-order valence-electron chi connectivity index (χ0n) is 14.4. The molecular formula is C17H26N4O2S. The van der Waals surface area contributed by atoms with Crippen molar-refractivity contribution in [2.75, 3.05) is 31.1 Å². The standard InChI is InChI=1S/C17H26N4O2S/c1-13-18-16-7-3-2-6-15(16)17(19-13)20-11-8-14(12-20)24(22,23)21-9-4-5-10-21/h14H,2-12H2,1H3. The van der Waals surface area contributed by atoms with Gasteiger partial charge in [-0.15, -0.1) is 0 Å². The first kappa shape index (κ1) is 16.3. The molecule has 0 saturated carbocycles. The van der Waals surface area contributed by atoms with Crippen molar-refractivity contribution >= 4 is 15.8 Å². The summed E-state index contributed by atoms with van der Waals surface area (Å²) in [6, 6.07) is 0. The topological polar surface area (TPSA) is 66.4 Å². The van der Waals surface area contributed by atoms with Crippen molar-refractivity contribution in [3.05, 3.63) is 17.1 Å². The first-order valence-corrected chi connectivity index (χ1v) is 10.7. The van der Waals surface area contributed by atoms with Crippen molar-refractivity contribution < 1.29 is 8.42 Å². The van der Waals surface area contributed by atoms with Gasteiger partial charge in [0.15, 0.2) is 0 Å². The summed E-state index contributed by atoms with van der Waals surface area (Å²) in [5, 5.41) is -0.287. The lowest BCUT2D eigenvalue weighted by molar-refractivity contribution is 0.467. The number of fused-ring (bicyclic) bond motifs is 1. The zero-order valence-corrected chi connectivity index (χ0v) is 15.2. The van der Waals surface area contributed by atoms with Gasteiger partial charge in [-0.05, 0) is 51.9 Å². The zero-order chi connectivity index (χ0) is 16.7. The highest BCUT2D eigenvalue weighted by molar-refractivity contribution is 7.89. The third kappa shape index (κ3) is 2.81. The molecule has 3 aliphatic rings. The summed E-state index contributed by atoms with van der Waals surface area (Å²) in [5.41, 5.74) is 2.43. The van der Waals surface area contributed by atoms with Crippen molar-refractivity contribution in [2.24, 2.45) is 0 Å². The number of hydrogen-bond donors (Lipinski definition) is 0. The molecule has 7 heteroatoms. The minimum atomic E-state index is -3.16. The van der Waals surface area contributed by atoms with Crippen LogP contribution >= 0.6 is 0 Å². The molecule has 0 radical (unpaired) electrons. The van der Waals surface area contributed by atoms with E-state index in [1.54, 1.807) is 4.31 Å². The van der Waals surface area contributed by atoms with Gasteiger partial charge in [-0.3, -0.25) is 0 Å². The van der Waals surface area contributed by atoms with Gasteiger partial charge in [0.25, 0.3) is 0 Å². The number of aromatic nitrogens is 2. The Hall–Kier alpha value is -1.21. The molecule has 4 rings (SSSR count). The molecule has 0 spiro atoms. The molecule has 2 saturated heterocycles. The predicted octanol–water partition coefficient (Wildman–Crippen LogP) is 1.67. The largest absolute Gasteiger partial charge is 0.355 e. The second-order valence-electron chi connectivity index (χ2n) is 7.23. The fourth-order valence-corrected chi connectivity index (χ4v) is 6.23. The SMILES string of the molecule is Cc1nc2c(c(N3CCC(S(=O)(=O)N4CCCC4)C3)n1)CCCC2. The molecule has 0 aromatic carbocycles. The molecule has 0 bridgehead atoms. The van der Waals surface area contributed by atoms with E-state index < -0.39 is 10.0 Å². The van der Waals surface area contributed by atoms with Gasteiger partial charge in [-0.25, -0.2) is 22.7 Å². The van der Waals surface area contributed by atoms with Gasteiger partial charge in [-0.1, -0.05) is 0 Å². The maximum atomic E-state index is 12.8. The number of rotatable bonds is 3. The highest BCUT2D eigenvalue weighted by Crippen LogP contribution is 2.32. The molecule has 132 valence electrons. The van der Waals surface area contributed by atoms with E-state index in [0.717, 1.165) is 43.9 Å². The second kappa shape index (κ2) is 6.26. The van der Waals surface area contributed by atoms with Gasteiger partial charge in [0.2, 0.25) is 10.0 Å². The van der Waals surface area contributed by atoms with Crippen molar-refractivity contribution in [3.63, 3.8) is 0 Å². The number of anilines is 1. The average molecular weight is 350 g/mol. The van der Waals surface area contributed by atoms with Gasteiger partial charge in [0, 0.05) is 37.4 Å². The summed E-state index contributed by atoms with van der Waals surface area (Å²) in [6.45, 7) is 4.68. The van der Waals surface area contributed by atoms with Gasteiger partial charge in [0.1, 0.15) is 11.6 Å². The molecule has 1 aromatic rings. The van der Waals surface area contributed by atoms with Crippen LogP contribution in [-0.2, 0) is 22.9 Å². The molecule has 0 N–H and O–H groups in total. The monoisotopic (exact) mass is 350 g/mol. The van der Waals surface area contributed by atoms with Gasteiger partial charge < -0.3 is 4.90 Å². The van der Waals surface area contributed by atoms with E-state index in [2.05, 4.69) is 14.9 Å². The lowest BCUT2D eigenvalue weighted by Crippen LogP contribution is -2.38. The molecule has 1 unspecified atom stereocenters. The molecule has 3 heterocycles. The Morgan fingerprint density at radius 1 is 1.00 bits per heavy atom. The fraction of sp³-hybridized carbons (Fsp3) is 0.765. The van der Waals surface area contributed by atoms with Crippen LogP contribution in [0.25, 0.3) is 0 Å². The number of nitrogens with zero attached hydrogens (tertiary/aromatic N) is 4. The highest BCUT2D eigenvalue weighted by Gasteiger charge is 2.39. The van der Waals surface area contributed by atoms with Gasteiger partial charge in [0.05, 0.1) is 5.25 Å². The van der Waals surface area contributed by atoms with Crippen molar-refractivity contribution in [1.29, 1.82) is 0 Å². The molecule has 1 aliphatic carbocycles. The summed E-state index contributed by atoms with van der Waals surface area (Å²) in [4.78, 5) is 11.5. The van der Waals surface area contributed by atoms with E-state index in [1.165, 1.54) is 24.1 Å². The average Bonchev–Trinajstić information content (AvgIpc) is 3.26. The van der Waals surface area contributed by atoms with E-state index in [9.17, 15) is 8.42 Å². The smallest absolute Gasteiger partial charge is 0.218 e. The Morgan fingerprint density at radius 3 is 2.54 bits per heavy atom. The maximum Gasteiger partial charge on any atom is 0.218 e. The van der Waals surface area contributed by atoms with Gasteiger partial charge in [-0.2, -0.15) is 0 Å². The van der Waals surface area contributed by atoms with Crippen LogP contribution in [0.15, 0.2) is 0 Å². The third-order valence-corrected chi connectivity index (χ3v) is 7.88. The van der Waals surface area contributed by atoms with Crippen molar-refractivity contribution in [3.8, 4) is 0 Å². The fourth-order valence-electron chi connectivity index (χ4n) is 4.27. The molecule has 2 fully saturated rings. The minimum Gasteiger partial charge on any atom is -0.355 e. The number of aryl methyl sites for hydroxylation is 2. The predicted molar refractivity (Wildman–Crippen MR) is 93.8 cm³/mol. The Bertz CT molecular complexity index is 728. The number of sulfonamides is 1. The minimum absolute atomic E-state index is 0.287. The van der Waals surface area contributed by atoms with E-state index in [0.29, 0.717) is 26.1 Å². The Kier molecular flexibility index (Phi) is 4.24. The second-order valence-corrected chi connectivity index (χ2v) is 9.45. The highest BCUT2D eigenvalue weighted by atomic mass is 32.2. The molecule has 1 aromatic heterocycles. The lowest BCUT2D eigenvalue weighted by Gasteiger charge is -2.26. The Balaban J connectivity index is 1.58. The molecule has 6 nitrogen and oxygen atoms in total. The summed E-state index contributed by atoms with van der Waals surface area (Å²) in [7, 11) is -3.16. The quantitative estimate of drug-likeness (QED) is 0.829. The molecular weight excluding hydrogens is 324 g/mol. The van der Waals surface area contributed by atoms with Crippen LogP contribution in [0.2, 0.25) is 0 Å². The first-order valence-electron chi connectivity index (χ1n) is 9.16. The normalized spacial score (nSPS) is 25.2. The summed E-state index contributed by atoms with van der Waals surface area (Å²) in [6.07, 6.45) is 7.10. The van der Waals surface area contributed by atoms with Crippen LogP contribution in [0.1, 0.15) is 49.2 Å². The first-order chi connectivity index (χ1) is 11.6. The maximum absolute atomic E-state index is 12.8. The molecule has 24 heavy (non-hydrogen) atoms. The van der Waals surface area contributed by atoms with Crippen LogP contribution in [0.3, 0.4) is 0 Å². The third-order valence-electron chi connectivity index (χ3n) is 5.56. The van der Waals surface area contributed by atoms with E-state index in [1.807, 2.05) is 6.92 Å². The van der Waals surface area contributed by atoms with Gasteiger partial charge >= 0.3 is 0 Å².